The van der Waals surface area contributed by atoms with Crippen LogP contribution in [-0.2, 0) is 21.4 Å². The van der Waals surface area contributed by atoms with Crippen molar-refractivity contribution in [3.8, 4) is 11.5 Å². The van der Waals surface area contributed by atoms with E-state index in [9.17, 15) is 13.2 Å². The average molecular weight is 407 g/mol. The lowest BCUT2D eigenvalue weighted by Gasteiger charge is -2.16. The van der Waals surface area contributed by atoms with Gasteiger partial charge in [-0.3, -0.25) is 4.79 Å². The molecule has 2 aromatic carbocycles. The summed E-state index contributed by atoms with van der Waals surface area (Å²) < 4.78 is 38.4. The molecule has 0 aliphatic heterocycles. The van der Waals surface area contributed by atoms with Crippen molar-refractivity contribution >= 4 is 15.9 Å². The molecule has 1 atom stereocenters. The molecule has 0 radical (unpaired) electrons. The Labute approximate surface area is 166 Å². The molecular weight excluding hydrogens is 380 g/mol. The zero-order chi connectivity index (χ0) is 20.7. The largest absolute Gasteiger partial charge is 0.496 e. The summed E-state index contributed by atoms with van der Waals surface area (Å²) in [7, 11) is -2.17. The van der Waals surface area contributed by atoms with Gasteiger partial charge in [0.15, 0.2) is 6.10 Å². The zero-order valence-corrected chi connectivity index (χ0v) is 17.2. The van der Waals surface area contributed by atoms with Crippen LogP contribution in [0.25, 0.3) is 0 Å². The Bertz CT molecular complexity index is 895. The van der Waals surface area contributed by atoms with Crippen LogP contribution < -0.4 is 19.5 Å². The van der Waals surface area contributed by atoms with Crippen LogP contribution in [0, 0.1) is 0 Å². The third-order valence-corrected chi connectivity index (χ3v) is 5.31. The number of nitrogens with one attached hydrogen (secondary N) is 2. The van der Waals surface area contributed by atoms with E-state index in [1.165, 1.54) is 31.4 Å². The minimum Gasteiger partial charge on any atom is -0.496 e. The third kappa shape index (κ3) is 5.97. The van der Waals surface area contributed by atoms with Crippen molar-refractivity contribution in [3.05, 3.63) is 54.1 Å². The van der Waals surface area contributed by atoms with Crippen LogP contribution in [0.2, 0.25) is 0 Å². The summed E-state index contributed by atoms with van der Waals surface area (Å²) in [6.07, 6.45) is -0.687. The highest BCUT2D eigenvalue weighted by Gasteiger charge is 2.17. The minimum atomic E-state index is -3.70. The van der Waals surface area contributed by atoms with Gasteiger partial charge in [-0.2, -0.15) is 0 Å². The predicted octanol–water partition coefficient (Wildman–Crippen LogP) is 2.47. The number of sulfonamides is 1. The first kappa shape index (κ1) is 21.7. The number of hydrogen-bond donors (Lipinski definition) is 2. The Balaban J connectivity index is 2.02. The third-order valence-electron chi connectivity index (χ3n) is 3.89. The van der Waals surface area contributed by atoms with Crippen LogP contribution in [0.1, 0.15) is 26.3 Å². The van der Waals surface area contributed by atoms with Crippen molar-refractivity contribution in [2.75, 3.05) is 7.11 Å². The molecule has 0 saturated carbocycles. The van der Waals surface area contributed by atoms with E-state index in [0.29, 0.717) is 11.5 Å². The Morgan fingerprint density at radius 3 is 2.29 bits per heavy atom. The standard InChI is InChI=1S/C20H26N2O5S/c1-14(2)22-20(23)15(3)27-17-9-11-18(12-10-17)28(24,25)21-13-16-7-5-6-8-19(16)26-4/h5-12,14-15,21H,13H2,1-4H3,(H,22,23)/t15-/m0/s1. The van der Waals surface area contributed by atoms with Crippen molar-refractivity contribution in [2.24, 2.45) is 0 Å². The highest BCUT2D eigenvalue weighted by molar-refractivity contribution is 7.89. The molecule has 2 rings (SSSR count). The normalized spacial score (nSPS) is 12.5. The van der Waals surface area contributed by atoms with Gasteiger partial charge in [0.05, 0.1) is 12.0 Å². The maximum Gasteiger partial charge on any atom is 0.260 e. The van der Waals surface area contributed by atoms with Gasteiger partial charge in [0, 0.05) is 18.2 Å². The van der Waals surface area contributed by atoms with Crippen LogP contribution in [0.3, 0.4) is 0 Å². The molecule has 8 heteroatoms. The summed E-state index contributed by atoms with van der Waals surface area (Å²) in [6.45, 7) is 5.47. The summed E-state index contributed by atoms with van der Waals surface area (Å²) in [5, 5.41) is 2.76. The summed E-state index contributed by atoms with van der Waals surface area (Å²) in [6, 6.07) is 13.1. The van der Waals surface area contributed by atoms with E-state index in [1.807, 2.05) is 26.0 Å². The molecule has 152 valence electrons. The molecule has 2 aromatic rings. The minimum absolute atomic E-state index is 0.0142. The van der Waals surface area contributed by atoms with E-state index in [4.69, 9.17) is 9.47 Å². The van der Waals surface area contributed by atoms with Gasteiger partial charge in [-0.05, 0) is 51.1 Å². The first-order chi connectivity index (χ1) is 13.2. The lowest BCUT2D eigenvalue weighted by molar-refractivity contribution is -0.127. The molecule has 28 heavy (non-hydrogen) atoms. The summed E-state index contributed by atoms with van der Waals surface area (Å²) in [4.78, 5) is 12.0. The van der Waals surface area contributed by atoms with Crippen molar-refractivity contribution in [3.63, 3.8) is 0 Å². The summed E-state index contributed by atoms with van der Waals surface area (Å²) in [5.41, 5.74) is 0.735. The molecule has 0 unspecified atom stereocenters. The highest BCUT2D eigenvalue weighted by atomic mass is 32.2. The van der Waals surface area contributed by atoms with Crippen molar-refractivity contribution in [2.45, 2.75) is 44.4 Å². The smallest absolute Gasteiger partial charge is 0.260 e. The van der Waals surface area contributed by atoms with E-state index in [0.717, 1.165) is 5.56 Å². The zero-order valence-electron chi connectivity index (χ0n) is 16.4. The van der Waals surface area contributed by atoms with Gasteiger partial charge in [-0.25, -0.2) is 13.1 Å². The fourth-order valence-corrected chi connectivity index (χ4v) is 3.47. The van der Waals surface area contributed by atoms with E-state index >= 15 is 0 Å². The molecule has 2 N–H and O–H groups in total. The first-order valence-electron chi connectivity index (χ1n) is 8.91. The Kier molecular flexibility index (Phi) is 7.42. The number of methoxy groups -OCH3 is 1. The quantitative estimate of drug-likeness (QED) is 0.667. The number of ether oxygens (including phenoxy) is 2. The maximum atomic E-state index is 12.5. The summed E-state index contributed by atoms with van der Waals surface area (Å²) in [5.74, 6) is 0.794. The number of carbonyl (C=O) groups is 1. The fraction of sp³-hybridized carbons (Fsp3) is 0.350. The number of carbonyl (C=O) groups excluding carboxylic acids is 1. The van der Waals surface area contributed by atoms with Crippen LogP contribution in [0.15, 0.2) is 53.4 Å². The molecule has 7 nitrogen and oxygen atoms in total. The number of amides is 1. The Morgan fingerprint density at radius 1 is 1.04 bits per heavy atom. The van der Waals surface area contributed by atoms with Crippen molar-refractivity contribution < 1.29 is 22.7 Å². The topological polar surface area (TPSA) is 93.7 Å². The van der Waals surface area contributed by atoms with E-state index in [-0.39, 0.29) is 23.4 Å². The van der Waals surface area contributed by atoms with Crippen LogP contribution >= 0.6 is 0 Å². The first-order valence-corrected chi connectivity index (χ1v) is 10.4. The van der Waals surface area contributed by atoms with Gasteiger partial charge in [0.2, 0.25) is 10.0 Å². The number of benzene rings is 2. The molecule has 1 amide bonds. The SMILES string of the molecule is COc1ccccc1CNS(=O)(=O)c1ccc(O[C@@H](C)C(=O)NC(C)C)cc1. The lowest BCUT2D eigenvalue weighted by Crippen LogP contribution is -2.40. The second-order valence-electron chi connectivity index (χ2n) is 6.53. The Morgan fingerprint density at radius 2 is 1.68 bits per heavy atom. The van der Waals surface area contributed by atoms with E-state index in [1.54, 1.807) is 19.1 Å². The fourth-order valence-electron chi connectivity index (χ4n) is 2.46. The molecule has 0 aliphatic carbocycles. The van der Waals surface area contributed by atoms with Gasteiger partial charge in [0.25, 0.3) is 5.91 Å². The van der Waals surface area contributed by atoms with E-state index < -0.39 is 16.1 Å². The molecule has 0 saturated heterocycles. The van der Waals surface area contributed by atoms with E-state index in [2.05, 4.69) is 10.0 Å². The van der Waals surface area contributed by atoms with Gasteiger partial charge in [0.1, 0.15) is 11.5 Å². The second kappa shape index (κ2) is 9.57. The molecule has 0 aliphatic rings. The Hall–Kier alpha value is -2.58. The maximum absolute atomic E-state index is 12.5. The number of rotatable bonds is 9. The van der Waals surface area contributed by atoms with Crippen LogP contribution in [-0.4, -0.2) is 33.6 Å². The number of hydrogen-bond acceptors (Lipinski definition) is 5. The molecule has 0 fully saturated rings. The number of para-hydroxylation sites is 1. The monoisotopic (exact) mass is 406 g/mol. The molecule has 0 spiro atoms. The van der Waals surface area contributed by atoms with Gasteiger partial charge in [-0.1, -0.05) is 18.2 Å². The van der Waals surface area contributed by atoms with Gasteiger partial charge in [-0.15, -0.1) is 0 Å². The second-order valence-corrected chi connectivity index (χ2v) is 8.30. The van der Waals surface area contributed by atoms with Crippen LogP contribution in [0.4, 0.5) is 0 Å². The van der Waals surface area contributed by atoms with Crippen molar-refractivity contribution in [1.29, 1.82) is 0 Å². The summed E-state index contributed by atoms with van der Waals surface area (Å²) >= 11 is 0. The van der Waals surface area contributed by atoms with Crippen molar-refractivity contribution in [1.82, 2.24) is 10.0 Å². The molecule has 0 heterocycles. The lowest BCUT2D eigenvalue weighted by atomic mass is 10.2. The highest BCUT2D eigenvalue weighted by Crippen LogP contribution is 2.20. The average Bonchev–Trinajstić information content (AvgIpc) is 2.66. The molecule has 0 bridgehead atoms. The van der Waals surface area contributed by atoms with Gasteiger partial charge >= 0.3 is 0 Å². The van der Waals surface area contributed by atoms with Gasteiger partial charge < -0.3 is 14.8 Å². The molecular formula is C20H26N2O5S. The van der Waals surface area contributed by atoms with Crippen LogP contribution in [0.5, 0.6) is 11.5 Å². The molecule has 0 aromatic heterocycles. The predicted molar refractivity (Wildman–Crippen MR) is 107 cm³/mol.